The predicted octanol–water partition coefficient (Wildman–Crippen LogP) is 21.1. The molecule has 0 aliphatic heterocycles. The number of hydrogen-bond donors (Lipinski definition) is 0. The minimum atomic E-state index is 0.511. The van der Waals surface area contributed by atoms with Crippen molar-refractivity contribution >= 4 is 87.5 Å². The number of rotatable bonds is 10. The molecule has 0 unspecified atom stereocenters. The molecule has 0 amide bonds. The lowest BCUT2D eigenvalue weighted by atomic mass is 9.88. The molecule has 8 heterocycles. The molecule has 0 saturated heterocycles. The Hall–Kier alpha value is -12.9. The minimum absolute atomic E-state index is 0.511. The molecular weight excluding hydrogens is 1170 g/mol. The lowest BCUT2D eigenvalue weighted by molar-refractivity contribution is 1.04. The first-order valence-electron chi connectivity index (χ1n) is 32.4. The van der Waals surface area contributed by atoms with Crippen LogP contribution >= 0.6 is 0 Å². The second kappa shape index (κ2) is 21.9. The van der Waals surface area contributed by atoms with Crippen molar-refractivity contribution < 1.29 is 0 Å². The Kier molecular flexibility index (Phi) is 12.5. The maximum atomic E-state index is 6.31. The van der Waals surface area contributed by atoms with E-state index in [1.807, 2.05) is 60.9 Å². The molecule has 11 aromatic carbocycles. The van der Waals surface area contributed by atoms with Crippen molar-refractivity contribution in [2.24, 2.45) is 0 Å². The topological polar surface area (TPSA) is 97.1 Å². The third kappa shape index (κ3) is 8.59. The van der Waals surface area contributed by atoms with Crippen LogP contribution in [-0.2, 0) is 0 Å². The van der Waals surface area contributed by atoms with E-state index in [0.29, 0.717) is 23.3 Å². The molecule has 19 rings (SSSR count). The second-order valence-corrected chi connectivity index (χ2v) is 24.8. The van der Waals surface area contributed by atoms with Crippen LogP contribution in [0.4, 0.5) is 0 Å². The summed E-state index contributed by atoms with van der Waals surface area (Å²) in [6.07, 6.45) is 3.79. The summed E-state index contributed by atoms with van der Waals surface area (Å²) < 4.78 is 9.40. The number of nitrogens with zero attached hydrogens (tertiary/aromatic N) is 10. The fourth-order valence-corrected chi connectivity index (χ4v) is 14.8. The summed E-state index contributed by atoms with van der Waals surface area (Å²) >= 11 is 0. The molecule has 0 fully saturated rings. The van der Waals surface area contributed by atoms with Gasteiger partial charge in [0.25, 0.3) is 0 Å². The van der Waals surface area contributed by atoms with E-state index >= 15 is 0 Å². The lowest BCUT2D eigenvalue weighted by Gasteiger charge is -2.26. The van der Waals surface area contributed by atoms with E-state index in [1.54, 1.807) is 0 Å². The fraction of sp³-hybridized carbons (Fsp3) is 0.0233. The third-order valence-electron chi connectivity index (χ3n) is 19.1. The van der Waals surface area contributed by atoms with Crippen LogP contribution < -0.4 is 0 Å². The van der Waals surface area contributed by atoms with Crippen molar-refractivity contribution in [2.45, 2.75) is 13.8 Å². The third-order valence-corrected chi connectivity index (χ3v) is 19.1. The molecule has 0 radical (unpaired) electrons. The Morgan fingerprint density at radius 2 is 0.656 bits per heavy atom. The van der Waals surface area contributed by atoms with Crippen LogP contribution in [0.5, 0.6) is 0 Å². The van der Waals surface area contributed by atoms with E-state index in [4.69, 9.17) is 29.9 Å². The monoisotopic (exact) mass is 1230 g/mol. The Morgan fingerprint density at radius 3 is 1.18 bits per heavy atom. The predicted molar refractivity (Wildman–Crippen MR) is 393 cm³/mol. The average molecular weight is 1230 g/mol. The molecular formula is C86H56N10. The van der Waals surface area contributed by atoms with Crippen molar-refractivity contribution in [3.8, 4) is 90.6 Å². The van der Waals surface area contributed by atoms with Crippen LogP contribution in [0.25, 0.3) is 178 Å². The highest BCUT2D eigenvalue weighted by Gasteiger charge is 2.32. The van der Waals surface area contributed by atoms with Gasteiger partial charge in [0.2, 0.25) is 0 Å². The SMILES string of the molecule is Cc1ccc2c(c1)c1ccccc1n2-c1ccc(-c2nc(-n3c4ccccc4c4cccnc43)c(-c3ccc(-n4c5ccccc5c5cc(C)ccc54)cc3)c(-c3ccccc3-c3nc(-c4ccccc4)nc(-c4ccccc4)n3)c2-n2c3ccccc3c3cccnc32)cc1. The van der Waals surface area contributed by atoms with Crippen molar-refractivity contribution in [1.82, 2.24) is 48.2 Å². The number of aryl methyl sites for hydroxylation is 2. The highest BCUT2D eigenvalue weighted by molar-refractivity contribution is 6.14. The molecule has 0 aliphatic rings. The maximum absolute atomic E-state index is 6.31. The number of para-hydroxylation sites is 4. The van der Waals surface area contributed by atoms with E-state index < -0.39 is 0 Å². The fourth-order valence-electron chi connectivity index (χ4n) is 14.8. The molecule has 0 saturated carbocycles. The molecule has 0 bridgehead atoms. The van der Waals surface area contributed by atoms with Gasteiger partial charge in [0.15, 0.2) is 17.5 Å². The molecule has 96 heavy (non-hydrogen) atoms. The zero-order valence-electron chi connectivity index (χ0n) is 52.3. The van der Waals surface area contributed by atoms with Crippen molar-refractivity contribution in [2.75, 3.05) is 0 Å². The molecule has 19 aromatic rings. The van der Waals surface area contributed by atoms with Gasteiger partial charge < -0.3 is 9.13 Å². The highest BCUT2D eigenvalue weighted by atomic mass is 15.1. The normalized spacial score (nSPS) is 11.9. The standard InChI is InChI=1S/C86H56N10/c1-53-37-47-75-69(51-53)63-27-13-15-33-71(63)93(75)59-43-39-55(40-44-59)77-78(65-29-9-10-30-66(65)83-91-81(57-21-5-3-6-22-57)90-82(92-83)58-23-7-4-8-24-58)80(95-73-35-17-11-25-61(73)67-31-19-49-87-84(67)95)79(89-86(77)96-74-36-18-12-26-62(74)68-32-20-50-88-85(68)96)56-41-45-60(46-42-56)94-72-34-16-14-28-64(72)70-52-54(2)38-48-76(70)94/h3-52H,1-2H3. The average Bonchev–Trinajstić information content (AvgIpc) is 0.789. The first-order chi connectivity index (χ1) is 47.5. The molecule has 0 atom stereocenters. The second-order valence-electron chi connectivity index (χ2n) is 24.8. The quantitative estimate of drug-likeness (QED) is 0.135. The van der Waals surface area contributed by atoms with Crippen molar-refractivity contribution in [3.05, 3.63) is 315 Å². The minimum Gasteiger partial charge on any atom is -0.309 e. The largest absolute Gasteiger partial charge is 0.309 e. The van der Waals surface area contributed by atoms with Gasteiger partial charge in [0.05, 0.1) is 44.5 Å². The van der Waals surface area contributed by atoms with Gasteiger partial charge in [-0.3, -0.25) is 9.13 Å². The molecule has 8 aromatic heterocycles. The van der Waals surface area contributed by atoms with Crippen molar-refractivity contribution in [3.63, 3.8) is 0 Å². The zero-order valence-corrected chi connectivity index (χ0v) is 52.3. The Bertz CT molecular complexity index is 6170. The molecule has 450 valence electrons. The Morgan fingerprint density at radius 1 is 0.260 bits per heavy atom. The first-order valence-corrected chi connectivity index (χ1v) is 32.4. The summed E-state index contributed by atoms with van der Waals surface area (Å²) in [4.78, 5) is 33.3. The molecule has 0 spiro atoms. The van der Waals surface area contributed by atoms with Crippen LogP contribution in [0.1, 0.15) is 11.1 Å². The smallest absolute Gasteiger partial charge is 0.164 e. The lowest BCUT2D eigenvalue weighted by Crippen LogP contribution is -2.11. The zero-order chi connectivity index (χ0) is 63.5. The summed E-state index contributed by atoms with van der Waals surface area (Å²) in [5, 5.41) is 8.96. The number of benzene rings is 11. The van der Waals surface area contributed by atoms with E-state index in [0.717, 1.165) is 133 Å². The van der Waals surface area contributed by atoms with Crippen LogP contribution in [0.2, 0.25) is 0 Å². The van der Waals surface area contributed by atoms with E-state index in [9.17, 15) is 0 Å². The number of pyridine rings is 3. The van der Waals surface area contributed by atoms with Gasteiger partial charge in [-0.15, -0.1) is 0 Å². The van der Waals surface area contributed by atoms with Gasteiger partial charge in [-0.2, -0.15) is 0 Å². The Balaban J connectivity index is 0.986. The van der Waals surface area contributed by atoms with Gasteiger partial charge in [-0.05, 0) is 122 Å². The summed E-state index contributed by atoms with van der Waals surface area (Å²) in [5.41, 5.74) is 21.0. The van der Waals surface area contributed by atoms with Gasteiger partial charge in [-0.25, -0.2) is 29.9 Å². The van der Waals surface area contributed by atoms with Crippen molar-refractivity contribution in [1.29, 1.82) is 0 Å². The molecule has 0 aliphatic carbocycles. The number of fused-ring (bicyclic) bond motifs is 12. The van der Waals surface area contributed by atoms with E-state index in [1.165, 1.54) is 32.7 Å². The number of hydrogen-bond acceptors (Lipinski definition) is 6. The molecule has 10 heteroatoms. The maximum Gasteiger partial charge on any atom is 0.164 e. The van der Waals surface area contributed by atoms with Crippen LogP contribution in [0, 0.1) is 13.8 Å². The summed E-state index contributed by atoms with van der Waals surface area (Å²) in [6.45, 7) is 4.33. The highest BCUT2D eigenvalue weighted by Crippen LogP contribution is 2.51. The van der Waals surface area contributed by atoms with Gasteiger partial charge >= 0.3 is 0 Å². The summed E-state index contributed by atoms with van der Waals surface area (Å²) in [6, 6.07) is 104. The van der Waals surface area contributed by atoms with E-state index in [-0.39, 0.29) is 0 Å². The van der Waals surface area contributed by atoms with Gasteiger partial charge in [0, 0.05) is 100 Å². The van der Waals surface area contributed by atoms with Crippen LogP contribution in [0.3, 0.4) is 0 Å². The molecule has 0 N–H and O–H groups in total. The summed E-state index contributed by atoms with van der Waals surface area (Å²) in [7, 11) is 0. The molecule has 10 nitrogen and oxygen atoms in total. The first kappa shape index (κ1) is 54.8. The van der Waals surface area contributed by atoms with Gasteiger partial charge in [-0.1, -0.05) is 205 Å². The van der Waals surface area contributed by atoms with Gasteiger partial charge in [0.1, 0.15) is 17.1 Å². The Labute approximate surface area is 551 Å². The number of aromatic nitrogens is 10. The van der Waals surface area contributed by atoms with Crippen LogP contribution in [0.15, 0.2) is 304 Å². The van der Waals surface area contributed by atoms with E-state index in [2.05, 4.69) is 275 Å². The van der Waals surface area contributed by atoms with Crippen LogP contribution in [-0.4, -0.2) is 48.2 Å². The summed E-state index contributed by atoms with van der Waals surface area (Å²) in [5.74, 6) is 2.31.